The van der Waals surface area contributed by atoms with Crippen LogP contribution in [0.4, 0.5) is 32.2 Å². The largest absolute Gasteiger partial charge is 0.488 e. The molecule has 3 amide bonds. The number of hydrogen-bond acceptors (Lipinski definition) is 21. The number of aromatic amines is 1. The van der Waals surface area contributed by atoms with Crippen LogP contribution in [0.15, 0.2) is 53.3 Å². The van der Waals surface area contributed by atoms with E-state index >= 15 is 0 Å². The number of Topliss-reactive ketones (excluding diaryl/α,β-unsaturated/α-hetero) is 2. The predicted molar refractivity (Wildman–Crippen MR) is 422 cm³/mol. The number of nitrogens with two attached hydrogens (primary N) is 1. The molecule has 4 aliphatic carbocycles. The number of ether oxygens (including phenoxy) is 4. The van der Waals surface area contributed by atoms with E-state index in [1.807, 2.05) is 46.3 Å². The third kappa shape index (κ3) is 27.4. The lowest BCUT2D eigenvalue weighted by atomic mass is 9.77. The number of amides is 3. The molecule has 648 valence electrons. The molecule has 2 aromatic carbocycles. The lowest BCUT2D eigenvalue weighted by Crippen LogP contribution is -2.49. The minimum atomic E-state index is -4.48. The standard InChI is InChI=1S/C40H53ClF3N3O9S.C26H43NO6.C11H8ClF3N2O.C3H7NO3S/c1-9-23-20-39(23,35(51)46-57(52,53)56-38(8)15-16-38)21-30(48)29-18-25(22-47(29)34(50)27(36(2,3)4)19-32(49)55-37(5,6)7)54-31-17-24(13-14-40(42,43)44)45-33-26(31)11-10-12-28(33)41;1-10-17-13-26(17,23(31)32-9)14-20(28)19-11-16(2)15-27(19)22(30)18(24(3,4)5)12-21(29)33-25(6,7)8;12-7-3-1-2-6-8(18)4-9(17-10(6)7)16-5-11(13,14)15;4-8(5,6)7-3-1-2-3/h10-12,17,23,25,27,29H,9,13-16,18-22H2,1-8H3,(H,46,51);16-19H,10-15H2,1-9H3;1-4H,5H2,(H2,16,17,18);3H,1-2H2,(H2,4,5,6)/t23-,25-,27-,29+,39-;16-,17+,18+,19-,26+;;/m10../s1. The molecular weight excluding hydrogens is 1610 g/mol. The van der Waals surface area contributed by atoms with Crippen molar-refractivity contribution in [3.05, 3.63) is 74.5 Å². The normalized spacial score (nSPS) is 23.1. The Morgan fingerprint density at radius 3 is 1.65 bits per heavy atom. The van der Waals surface area contributed by atoms with Gasteiger partial charge in [-0.05, 0) is 153 Å². The zero-order valence-corrected chi connectivity index (χ0v) is 71.9. The first-order chi connectivity index (χ1) is 53.1. The first-order valence-electron chi connectivity index (χ1n) is 38.7. The lowest BCUT2D eigenvalue weighted by molar-refractivity contribution is -0.161. The van der Waals surface area contributed by atoms with Gasteiger partial charge in [0.05, 0.1) is 94.0 Å². The molecule has 0 unspecified atom stereocenters. The zero-order valence-electron chi connectivity index (χ0n) is 68.8. The van der Waals surface area contributed by atoms with E-state index in [1.54, 1.807) is 111 Å². The summed E-state index contributed by atoms with van der Waals surface area (Å²) in [6.07, 6.45) is -6.62. The molecular formula is C80H111Cl2F6N7O19S2. The molecule has 4 aromatic rings. The zero-order chi connectivity index (χ0) is 87.4. The minimum Gasteiger partial charge on any atom is -0.488 e. The van der Waals surface area contributed by atoms with Gasteiger partial charge in [0, 0.05) is 60.8 Å². The van der Waals surface area contributed by atoms with E-state index in [0.29, 0.717) is 54.9 Å². The van der Waals surface area contributed by atoms with E-state index in [9.17, 15) is 86.3 Å². The first kappa shape index (κ1) is 95.9. The molecule has 2 aromatic heterocycles. The number of carbonyl (C=O) groups is 8. The number of rotatable bonds is 27. The fourth-order valence-corrected chi connectivity index (χ4v) is 16.8. The maximum Gasteiger partial charge on any atom is 0.405 e. The van der Waals surface area contributed by atoms with Crippen LogP contribution < -0.4 is 25.3 Å². The van der Waals surface area contributed by atoms with E-state index < -0.39 is 156 Å². The van der Waals surface area contributed by atoms with Crippen molar-refractivity contribution in [2.24, 2.45) is 56.4 Å². The third-order valence-electron chi connectivity index (χ3n) is 21.2. The number of esters is 3. The van der Waals surface area contributed by atoms with E-state index in [-0.39, 0.29) is 119 Å². The molecule has 2 saturated heterocycles. The number of aromatic nitrogens is 2. The van der Waals surface area contributed by atoms with Crippen molar-refractivity contribution in [3.63, 3.8) is 0 Å². The third-order valence-corrected chi connectivity index (χ3v) is 23.4. The summed E-state index contributed by atoms with van der Waals surface area (Å²) in [5.74, 6) is -4.95. The maximum atomic E-state index is 14.7. The number of nitrogens with zero attached hydrogens (tertiary/aromatic N) is 3. The number of nitrogens with one attached hydrogen (secondary N) is 3. The first-order valence-corrected chi connectivity index (χ1v) is 42.4. The highest BCUT2D eigenvalue weighted by atomic mass is 35.5. The van der Waals surface area contributed by atoms with Gasteiger partial charge in [-0.25, -0.2) is 14.0 Å². The number of carbonyl (C=O) groups excluding carboxylic acids is 8. The van der Waals surface area contributed by atoms with Crippen LogP contribution in [0.3, 0.4) is 0 Å². The van der Waals surface area contributed by atoms with E-state index in [0.717, 1.165) is 25.3 Å². The van der Waals surface area contributed by atoms with Crippen molar-refractivity contribution in [3.8, 4) is 5.75 Å². The molecule has 2 aliphatic heterocycles. The van der Waals surface area contributed by atoms with Gasteiger partial charge in [-0.2, -0.15) is 43.2 Å². The Labute approximate surface area is 684 Å². The molecule has 36 heteroatoms. The van der Waals surface area contributed by atoms with Crippen LogP contribution in [0.1, 0.15) is 213 Å². The Kier molecular flexibility index (Phi) is 30.4. The van der Waals surface area contributed by atoms with Gasteiger partial charge in [0.1, 0.15) is 35.4 Å². The van der Waals surface area contributed by atoms with Crippen molar-refractivity contribution in [2.45, 2.75) is 267 Å². The summed E-state index contributed by atoms with van der Waals surface area (Å²) in [5.41, 5.74) is -5.52. The van der Waals surface area contributed by atoms with Crippen LogP contribution in [0.2, 0.25) is 10.0 Å². The Hall–Kier alpha value is -7.24. The molecule has 6 aliphatic rings. The summed E-state index contributed by atoms with van der Waals surface area (Å²) in [5, 5.41) is 7.84. The smallest absolute Gasteiger partial charge is 0.405 e. The van der Waals surface area contributed by atoms with Crippen molar-refractivity contribution in [1.29, 1.82) is 0 Å². The van der Waals surface area contributed by atoms with E-state index in [4.69, 9.17) is 46.3 Å². The van der Waals surface area contributed by atoms with Crippen LogP contribution in [0.25, 0.3) is 21.8 Å². The molecule has 0 bridgehead atoms. The van der Waals surface area contributed by atoms with Gasteiger partial charge in [-0.3, -0.25) is 52.3 Å². The number of anilines is 1. The summed E-state index contributed by atoms with van der Waals surface area (Å²) in [7, 11) is -6.78. The van der Waals surface area contributed by atoms with Gasteiger partial charge >= 0.3 is 50.9 Å². The lowest BCUT2D eigenvalue weighted by Gasteiger charge is -2.35. The van der Waals surface area contributed by atoms with Gasteiger partial charge in [0.25, 0.3) is 0 Å². The summed E-state index contributed by atoms with van der Waals surface area (Å²) < 4.78 is 156. The second-order valence-electron chi connectivity index (χ2n) is 35.7. The molecule has 26 nitrogen and oxygen atoms in total. The summed E-state index contributed by atoms with van der Waals surface area (Å²) in [6.45, 7) is 28.3. The predicted octanol–water partition coefficient (Wildman–Crippen LogP) is 14.1. The highest BCUT2D eigenvalue weighted by molar-refractivity contribution is 7.85. The van der Waals surface area contributed by atoms with Crippen molar-refractivity contribution < 1.29 is 109 Å². The number of hydrogen-bond donors (Lipinski definition) is 4. The highest BCUT2D eigenvalue weighted by Crippen LogP contribution is 2.60. The average Bonchev–Trinajstić information content (AvgIpc) is 1.57. The molecule has 4 heterocycles. The van der Waals surface area contributed by atoms with E-state index in [2.05, 4.69) is 24.6 Å². The summed E-state index contributed by atoms with van der Waals surface area (Å²) in [6, 6.07) is 10.3. The molecule has 10 rings (SSSR count). The van der Waals surface area contributed by atoms with Crippen LogP contribution in [0, 0.1) is 51.2 Å². The quantitative estimate of drug-likeness (QED) is 0.0245. The fraction of sp³-hybridized carbons (Fsp3) is 0.675. The number of aryl methyl sites for hydroxylation is 1. The molecule has 5 N–H and O–H groups in total. The number of benzene rings is 2. The molecule has 6 fully saturated rings. The van der Waals surface area contributed by atoms with E-state index in [1.165, 1.54) is 18.1 Å². The number of likely N-dealkylation sites (tertiary alicyclic amines) is 2. The van der Waals surface area contributed by atoms with Crippen LogP contribution in [-0.4, -0.2) is 164 Å². The average molecular weight is 1720 g/mol. The minimum absolute atomic E-state index is 0.0158. The van der Waals surface area contributed by atoms with Crippen LogP contribution in [0.5, 0.6) is 5.75 Å². The second kappa shape index (κ2) is 36.8. The Morgan fingerprint density at radius 1 is 0.690 bits per heavy atom. The Bertz CT molecular complexity index is 4590. The molecule has 0 spiro atoms. The summed E-state index contributed by atoms with van der Waals surface area (Å²) >= 11 is 12.3. The van der Waals surface area contributed by atoms with Crippen molar-refractivity contribution >= 4 is 119 Å². The molecule has 0 radical (unpaired) electrons. The number of ketones is 2. The topological polar surface area (TPSA) is 363 Å². The van der Waals surface area contributed by atoms with Gasteiger partial charge in [0.15, 0.2) is 17.0 Å². The van der Waals surface area contributed by atoms with Gasteiger partial charge in [-0.15, -0.1) is 0 Å². The Morgan fingerprint density at radius 2 is 1.19 bits per heavy atom. The highest BCUT2D eigenvalue weighted by Gasteiger charge is 2.63. The number of fused-ring (bicyclic) bond motifs is 2. The number of halogens is 8. The van der Waals surface area contributed by atoms with Crippen LogP contribution in [-0.2, 0) is 88.0 Å². The van der Waals surface area contributed by atoms with Crippen LogP contribution >= 0.6 is 23.2 Å². The molecule has 10 atom stereocenters. The van der Waals surface area contributed by atoms with Gasteiger partial charge in [-0.1, -0.05) is 110 Å². The number of alkyl halides is 6. The number of pyridine rings is 2. The second-order valence-corrected chi connectivity index (χ2v) is 39.0. The van der Waals surface area contributed by atoms with Crippen molar-refractivity contribution in [1.82, 2.24) is 24.5 Å². The number of methoxy groups -OCH3 is 1. The van der Waals surface area contributed by atoms with Gasteiger partial charge in [0.2, 0.25) is 17.7 Å². The molecule has 116 heavy (non-hydrogen) atoms. The van der Waals surface area contributed by atoms with Crippen molar-refractivity contribution in [2.75, 3.05) is 32.1 Å². The Balaban J connectivity index is 0.000000261. The number of para-hydroxylation sites is 2. The SMILES string of the molecule is CC[C@@H]1C[C@]1(CC(=O)[C@@H]1C[C@@H](Oc2cc(CCC(F)(F)F)nc3c(Cl)cccc23)CN1C(=O)[C@@H](CC(=O)OC(C)(C)C)C(C)(C)C)C(=O)NS(=O)(=O)OC1(C)CC1.CC[C@@H]1C[C@]1(CC(=O)[C@@H]1C[C@H](C)CN1C(=O)[C@@H](CC(=O)OC(C)(C)C)C(C)(C)C)C(=O)OC.NS(=O)(=O)OC1CC1.O=c1cc(NCC(F)(F)F)[nH]c2c(Cl)cccc12. The monoisotopic (exact) mass is 1720 g/mol. The summed E-state index contributed by atoms with van der Waals surface area (Å²) in [4.78, 5) is 130. The maximum absolute atomic E-state index is 14.7. The molecule has 4 saturated carbocycles. The fourth-order valence-electron chi connectivity index (χ4n) is 14.6. The van der Waals surface area contributed by atoms with Gasteiger partial charge < -0.3 is 39.0 Å². The number of H-pyrrole nitrogens is 1.